The monoisotopic (exact) mass is 325 g/mol. The summed E-state index contributed by atoms with van der Waals surface area (Å²) in [5.74, 6) is -0.231. The SMILES string of the molecule is CCN(CC)S(=O)(=O)c1cccc(C(=O)NC2CCNC2)c1. The highest BCUT2D eigenvalue weighted by Crippen LogP contribution is 2.17. The highest BCUT2D eigenvalue weighted by Gasteiger charge is 2.23. The maximum absolute atomic E-state index is 12.5. The Morgan fingerprint density at radius 2 is 2.09 bits per heavy atom. The van der Waals surface area contributed by atoms with Gasteiger partial charge in [0.1, 0.15) is 0 Å². The predicted octanol–water partition coefficient (Wildman–Crippen LogP) is 0.809. The normalized spacial score (nSPS) is 18.6. The zero-order valence-electron chi connectivity index (χ0n) is 13.0. The van der Waals surface area contributed by atoms with Gasteiger partial charge in [0, 0.05) is 31.2 Å². The van der Waals surface area contributed by atoms with Crippen LogP contribution in [0.2, 0.25) is 0 Å². The van der Waals surface area contributed by atoms with Gasteiger partial charge in [-0.15, -0.1) is 0 Å². The fourth-order valence-corrected chi connectivity index (χ4v) is 4.06. The molecule has 1 saturated heterocycles. The van der Waals surface area contributed by atoms with Gasteiger partial charge in [-0.1, -0.05) is 19.9 Å². The number of carbonyl (C=O) groups excluding carboxylic acids is 1. The van der Waals surface area contributed by atoms with E-state index in [1.165, 1.54) is 16.4 Å². The van der Waals surface area contributed by atoms with E-state index in [9.17, 15) is 13.2 Å². The first kappa shape index (κ1) is 16.9. The van der Waals surface area contributed by atoms with Crippen molar-refractivity contribution in [3.63, 3.8) is 0 Å². The van der Waals surface area contributed by atoms with Crippen LogP contribution in [0.1, 0.15) is 30.6 Å². The molecule has 22 heavy (non-hydrogen) atoms. The molecule has 1 amide bonds. The second-order valence-electron chi connectivity index (χ2n) is 5.28. The fourth-order valence-electron chi connectivity index (χ4n) is 2.56. The quantitative estimate of drug-likeness (QED) is 0.811. The van der Waals surface area contributed by atoms with Crippen molar-refractivity contribution >= 4 is 15.9 Å². The molecule has 2 N–H and O–H groups in total. The molecule has 0 aromatic heterocycles. The van der Waals surface area contributed by atoms with E-state index in [0.717, 1.165) is 19.5 Å². The summed E-state index contributed by atoms with van der Waals surface area (Å²) >= 11 is 0. The standard InChI is InChI=1S/C15H23N3O3S/c1-3-18(4-2)22(20,21)14-7-5-6-12(10-14)15(19)17-13-8-9-16-11-13/h5-7,10,13,16H,3-4,8-9,11H2,1-2H3,(H,17,19). The van der Waals surface area contributed by atoms with Crippen molar-refractivity contribution in [1.82, 2.24) is 14.9 Å². The summed E-state index contributed by atoms with van der Waals surface area (Å²) in [7, 11) is -3.54. The Labute approximate surface area is 131 Å². The first-order valence-corrected chi connectivity index (χ1v) is 9.04. The van der Waals surface area contributed by atoms with E-state index < -0.39 is 10.0 Å². The van der Waals surface area contributed by atoms with Gasteiger partial charge in [0.15, 0.2) is 0 Å². The van der Waals surface area contributed by atoms with E-state index in [2.05, 4.69) is 10.6 Å². The van der Waals surface area contributed by atoms with Gasteiger partial charge in [-0.3, -0.25) is 4.79 Å². The van der Waals surface area contributed by atoms with Crippen LogP contribution in [0.3, 0.4) is 0 Å². The predicted molar refractivity (Wildman–Crippen MR) is 85.3 cm³/mol. The van der Waals surface area contributed by atoms with Gasteiger partial charge >= 0.3 is 0 Å². The average molecular weight is 325 g/mol. The second-order valence-corrected chi connectivity index (χ2v) is 7.22. The Kier molecular flexibility index (Phi) is 5.55. The number of amides is 1. The van der Waals surface area contributed by atoms with Crippen LogP contribution in [0.25, 0.3) is 0 Å². The van der Waals surface area contributed by atoms with Gasteiger partial charge in [0.25, 0.3) is 5.91 Å². The molecular weight excluding hydrogens is 302 g/mol. The Balaban J connectivity index is 2.20. The largest absolute Gasteiger partial charge is 0.348 e. The maximum Gasteiger partial charge on any atom is 0.251 e. The average Bonchev–Trinajstić information content (AvgIpc) is 3.01. The van der Waals surface area contributed by atoms with E-state index in [1.54, 1.807) is 26.0 Å². The van der Waals surface area contributed by atoms with Crippen molar-refractivity contribution in [3.8, 4) is 0 Å². The molecule has 6 nitrogen and oxygen atoms in total. The number of nitrogens with one attached hydrogen (secondary N) is 2. The number of hydrogen-bond donors (Lipinski definition) is 2. The molecule has 7 heteroatoms. The van der Waals surface area contributed by atoms with Crippen LogP contribution in [0.4, 0.5) is 0 Å². The molecule has 2 rings (SSSR count). The number of rotatable bonds is 6. The van der Waals surface area contributed by atoms with Gasteiger partial charge in [0.05, 0.1) is 4.90 Å². The Bertz CT molecular complexity index is 621. The third kappa shape index (κ3) is 3.66. The van der Waals surface area contributed by atoms with E-state index in [-0.39, 0.29) is 16.8 Å². The summed E-state index contributed by atoms with van der Waals surface area (Å²) in [6, 6.07) is 6.33. The van der Waals surface area contributed by atoms with Crippen LogP contribution in [0, 0.1) is 0 Å². The van der Waals surface area contributed by atoms with E-state index >= 15 is 0 Å². The van der Waals surface area contributed by atoms with Crippen LogP contribution >= 0.6 is 0 Å². The Morgan fingerprint density at radius 1 is 1.36 bits per heavy atom. The minimum Gasteiger partial charge on any atom is -0.348 e. The number of sulfonamides is 1. The minimum absolute atomic E-state index is 0.107. The zero-order chi connectivity index (χ0) is 16.2. The first-order chi connectivity index (χ1) is 10.5. The lowest BCUT2D eigenvalue weighted by Crippen LogP contribution is -2.36. The molecule has 1 aliphatic heterocycles. The molecule has 0 aliphatic carbocycles. The third-order valence-electron chi connectivity index (χ3n) is 3.83. The smallest absolute Gasteiger partial charge is 0.251 e. The third-order valence-corrected chi connectivity index (χ3v) is 5.88. The van der Waals surface area contributed by atoms with Crippen LogP contribution in [-0.2, 0) is 10.0 Å². The van der Waals surface area contributed by atoms with Gasteiger partial charge in [-0.25, -0.2) is 8.42 Å². The summed E-state index contributed by atoms with van der Waals surface area (Å²) in [6.45, 7) is 6.05. The number of carbonyl (C=O) groups is 1. The van der Waals surface area contributed by atoms with Crippen LogP contribution in [0.15, 0.2) is 29.2 Å². The molecule has 122 valence electrons. The minimum atomic E-state index is -3.54. The lowest BCUT2D eigenvalue weighted by atomic mass is 10.2. The number of nitrogens with zero attached hydrogens (tertiary/aromatic N) is 1. The molecule has 1 unspecified atom stereocenters. The van der Waals surface area contributed by atoms with Crippen molar-refractivity contribution in [3.05, 3.63) is 29.8 Å². The summed E-state index contributed by atoms with van der Waals surface area (Å²) in [4.78, 5) is 12.4. The van der Waals surface area contributed by atoms with Crippen LogP contribution in [0.5, 0.6) is 0 Å². The summed E-state index contributed by atoms with van der Waals surface area (Å²) in [5.41, 5.74) is 0.375. The van der Waals surface area contributed by atoms with E-state index in [0.29, 0.717) is 18.7 Å². The Morgan fingerprint density at radius 3 is 2.68 bits per heavy atom. The molecule has 1 atom stereocenters. The van der Waals surface area contributed by atoms with E-state index in [1.807, 2.05) is 0 Å². The lowest BCUT2D eigenvalue weighted by Gasteiger charge is -2.19. The Hall–Kier alpha value is -1.44. The van der Waals surface area contributed by atoms with Gasteiger partial charge in [-0.2, -0.15) is 4.31 Å². The van der Waals surface area contributed by atoms with Gasteiger partial charge in [0.2, 0.25) is 10.0 Å². The van der Waals surface area contributed by atoms with Gasteiger partial charge in [-0.05, 0) is 31.2 Å². The van der Waals surface area contributed by atoms with Crippen molar-refractivity contribution in [2.24, 2.45) is 0 Å². The topological polar surface area (TPSA) is 78.5 Å². The molecule has 0 saturated carbocycles. The second kappa shape index (κ2) is 7.21. The maximum atomic E-state index is 12.5. The molecule has 1 heterocycles. The highest BCUT2D eigenvalue weighted by molar-refractivity contribution is 7.89. The summed E-state index contributed by atoms with van der Waals surface area (Å²) in [6.07, 6.45) is 0.892. The first-order valence-electron chi connectivity index (χ1n) is 7.60. The zero-order valence-corrected chi connectivity index (χ0v) is 13.8. The molecule has 1 aromatic carbocycles. The molecule has 1 fully saturated rings. The molecule has 0 radical (unpaired) electrons. The van der Waals surface area contributed by atoms with Gasteiger partial charge < -0.3 is 10.6 Å². The van der Waals surface area contributed by atoms with E-state index in [4.69, 9.17) is 0 Å². The number of hydrogen-bond acceptors (Lipinski definition) is 4. The summed E-state index contributed by atoms with van der Waals surface area (Å²) in [5, 5.41) is 6.10. The molecular formula is C15H23N3O3S. The summed E-state index contributed by atoms with van der Waals surface area (Å²) < 4.78 is 26.4. The van der Waals surface area contributed by atoms with Crippen molar-refractivity contribution in [2.75, 3.05) is 26.2 Å². The van der Waals surface area contributed by atoms with Crippen molar-refractivity contribution in [2.45, 2.75) is 31.2 Å². The molecule has 0 spiro atoms. The van der Waals surface area contributed by atoms with Crippen LogP contribution in [-0.4, -0.2) is 50.9 Å². The van der Waals surface area contributed by atoms with Crippen LogP contribution < -0.4 is 10.6 Å². The molecule has 0 bridgehead atoms. The highest BCUT2D eigenvalue weighted by atomic mass is 32.2. The van der Waals surface area contributed by atoms with Crippen molar-refractivity contribution in [1.29, 1.82) is 0 Å². The lowest BCUT2D eigenvalue weighted by molar-refractivity contribution is 0.0940. The fraction of sp³-hybridized carbons (Fsp3) is 0.533. The molecule has 1 aromatic rings. The van der Waals surface area contributed by atoms with Crippen molar-refractivity contribution < 1.29 is 13.2 Å². The molecule has 1 aliphatic rings. The number of benzene rings is 1.